The van der Waals surface area contributed by atoms with Crippen molar-refractivity contribution in [3.63, 3.8) is 0 Å². The first-order valence-corrected chi connectivity index (χ1v) is 7.19. The van der Waals surface area contributed by atoms with E-state index in [1.165, 1.54) is 12.1 Å². The molecule has 2 N–H and O–H groups in total. The SMILES string of the molecule is CC(C)COCC(O)CNCCc1ccc([N+](=O)[O-])cc1. The molecule has 1 aromatic carbocycles. The number of aliphatic hydroxyl groups excluding tert-OH is 1. The highest BCUT2D eigenvalue weighted by Gasteiger charge is 2.06. The number of hydrogen-bond acceptors (Lipinski definition) is 5. The second kappa shape index (κ2) is 9.44. The molecular formula is C15H24N2O4. The van der Waals surface area contributed by atoms with Crippen molar-refractivity contribution in [2.24, 2.45) is 5.92 Å². The summed E-state index contributed by atoms with van der Waals surface area (Å²) in [5.41, 5.74) is 1.13. The van der Waals surface area contributed by atoms with Crippen molar-refractivity contribution >= 4 is 5.69 Å². The van der Waals surface area contributed by atoms with E-state index >= 15 is 0 Å². The summed E-state index contributed by atoms with van der Waals surface area (Å²) in [6, 6.07) is 6.51. The van der Waals surface area contributed by atoms with Gasteiger partial charge in [-0.3, -0.25) is 10.1 Å². The molecule has 0 radical (unpaired) electrons. The molecule has 118 valence electrons. The quantitative estimate of drug-likeness (QED) is 0.390. The van der Waals surface area contributed by atoms with E-state index in [-0.39, 0.29) is 5.69 Å². The molecule has 6 heteroatoms. The van der Waals surface area contributed by atoms with Crippen LogP contribution in [0.4, 0.5) is 5.69 Å². The summed E-state index contributed by atoms with van der Waals surface area (Å²) in [6.45, 7) is 6.30. The number of ether oxygens (including phenoxy) is 1. The van der Waals surface area contributed by atoms with Crippen LogP contribution < -0.4 is 5.32 Å². The molecule has 0 spiro atoms. The lowest BCUT2D eigenvalue weighted by Crippen LogP contribution is -2.32. The topological polar surface area (TPSA) is 84.6 Å². The number of aliphatic hydroxyl groups is 1. The van der Waals surface area contributed by atoms with Gasteiger partial charge in [0.2, 0.25) is 0 Å². The number of nitrogens with one attached hydrogen (secondary N) is 1. The maximum Gasteiger partial charge on any atom is 0.269 e. The Morgan fingerprint density at radius 1 is 1.29 bits per heavy atom. The van der Waals surface area contributed by atoms with Gasteiger partial charge in [0.25, 0.3) is 5.69 Å². The van der Waals surface area contributed by atoms with E-state index < -0.39 is 11.0 Å². The van der Waals surface area contributed by atoms with Gasteiger partial charge in [-0.2, -0.15) is 0 Å². The zero-order valence-corrected chi connectivity index (χ0v) is 12.6. The molecule has 1 aromatic rings. The van der Waals surface area contributed by atoms with Crippen LogP contribution in [0.2, 0.25) is 0 Å². The average Bonchev–Trinajstić information content (AvgIpc) is 2.43. The smallest absolute Gasteiger partial charge is 0.269 e. The van der Waals surface area contributed by atoms with Gasteiger partial charge < -0.3 is 15.2 Å². The van der Waals surface area contributed by atoms with Crippen molar-refractivity contribution < 1.29 is 14.8 Å². The Labute approximate surface area is 125 Å². The van der Waals surface area contributed by atoms with Crippen molar-refractivity contribution in [3.05, 3.63) is 39.9 Å². The normalized spacial score (nSPS) is 12.6. The molecule has 6 nitrogen and oxygen atoms in total. The van der Waals surface area contributed by atoms with Gasteiger partial charge in [-0.25, -0.2) is 0 Å². The minimum atomic E-state index is -0.513. The lowest BCUT2D eigenvalue weighted by Gasteiger charge is -2.13. The van der Waals surface area contributed by atoms with Gasteiger partial charge in [0.15, 0.2) is 0 Å². The number of nitro benzene ring substituents is 1. The second-order valence-corrected chi connectivity index (χ2v) is 5.46. The van der Waals surface area contributed by atoms with E-state index in [2.05, 4.69) is 19.2 Å². The Morgan fingerprint density at radius 2 is 1.95 bits per heavy atom. The van der Waals surface area contributed by atoms with Crippen molar-refractivity contribution in [2.45, 2.75) is 26.4 Å². The number of benzene rings is 1. The van der Waals surface area contributed by atoms with Crippen LogP contribution in [0.5, 0.6) is 0 Å². The van der Waals surface area contributed by atoms with Gasteiger partial charge in [0, 0.05) is 25.3 Å². The molecule has 0 saturated heterocycles. The third kappa shape index (κ3) is 7.75. The molecule has 0 amide bonds. The van der Waals surface area contributed by atoms with Gasteiger partial charge in [-0.15, -0.1) is 0 Å². The highest BCUT2D eigenvalue weighted by atomic mass is 16.6. The Morgan fingerprint density at radius 3 is 2.52 bits per heavy atom. The Hall–Kier alpha value is -1.50. The fourth-order valence-corrected chi connectivity index (χ4v) is 1.78. The monoisotopic (exact) mass is 296 g/mol. The summed E-state index contributed by atoms with van der Waals surface area (Å²) >= 11 is 0. The molecular weight excluding hydrogens is 272 g/mol. The van der Waals surface area contributed by atoms with E-state index in [1.54, 1.807) is 12.1 Å². The van der Waals surface area contributed by atoms with E-state index in [0.717, 1.165) is 12.0 Å². The molecule has 0 aromatic heterocycles. The van der Waals surface area contributed by atoms with Crippen molar-refractivity contribution in [2.75, 3.05) is 26.3 Å². The molecule has 21 heavy (non-hydrogen) atoms. The van der Waals surface area contributed by atoms with E-state index in [9.17, 15) is 15.2 Å². The number of rotatable bonds is 10. The van der Waals surface area contributed by atoms with Crippen LogP contribution in [0.3, 0.4) is 0 Å². The third-order valence-corrected chi connectivity index (χ3v) is 2.88. The van der Waals surface area contributed by atoms with Crippen LogP contribution in [0.15, 0.2) is 24.3 Å². The van der Waals surface area contributed by atoms with Crippen LogP contribution in [0.25, 0.3) is 0 Å². The standard InChI is InChI=1S/C15H24N2O4/c1-12(2)10-21-11-15(18)9-16-8-7-13-3-5-14(6-4-13)17(19)20/h3-6,12,15-16,18H,7-11H2,1-2H3. The summed E-state index contributed by atoms with van der Waals surface area (Å²) in [6.07, 6.45) is 0.248. The van der Waals surface area contributed by atoms with Gasteiger partial charge in [-0.1, -0.05) is 26.0 Å². The van der Waals surface area contributed by atoms with Crippen molar-refractivity contribution in [3.8, 4) is 0 Å². The largest absolute Gasteiger partial charge is 0.389 e. The molecule has 0 heterocycles. The molecule has 0 aliphatic rings. The molecule has 1 unspecified atom stereocenters. The minimum Gasteiger partial charge on any atom is -0.389 e. The van der Waals surface area contributed by atoms with Crippen LogP contribution in [-0.2, 0) is 11.2 Å². The first-order chi connectivity index (χ1) is 9.99. The van der Waals surface area contributed by atoms with Crippen molar-refractivity contribution in [1.29, 1.82) is 0 Å². The predicted molar refractivity (Wildman–Crippen MR) is 81.3 cm³/mol. The van der Waals surface area contributed by atoms with Gasteiger partial charge in [0.05, 0.1) is 17.6 Å². The van der Waals surface area contributed by atoms with E-state index in [4.69, 9.17) is 4.74 Å². The molecule has 1 atom stereocenters. The zero-order valence-electron chi connectivity index (χ0n) is 12.6. The summed E-state index contributed by atoms with van der Waals surface area (Å²) in [7, 11) is 0. The minimum absolute atomic E-state index is 0.101. The maximum absolute atomic E-state index is 10.5. The number of nitrogens with zero attached hydrogens (tertiary/aromatic N) is 1. The predicted octanol–water partition coefficient (Wildman–Crippen LogP) is 1.76. The summed E-state index contributed by atoms with van der Waals surface area (Å²) in [4.78, 5) is 10.1. The summed E-state index contributed by atoms with van der Waals surface area (Å²) < 4.78 is 5.35. The van der Waals surface area contributed by atoms with Crippen molar-refractivity contribution in [1.82, 2.24) is 5.32 Å². The van der Waals surface area contributed by atoms with Crippen LogP contribution in [0.1, 0.15) is 19.4 Å². The third-order valence-electron chi connectivity index (χ3n) is 2.88. The molecule has 1 rings (SSSR count). The first-order valence-electron chi connectivity index (χ1n) is 7.19. The highest BCUT2D eigenvalue weighted by molar-refractivity contribution is 5.32. The van der Waals surface area contributed by atoms with Crippen LogP contribution in [-0.4, -0.2) is 42.4 Å². The van der Waals surface area contributed by atoms with E-state index in [0.29, 0.717) is 32.2 Å². The maximum atomic E-state index is 10.5. The molecule has 0 bridgehead atoms. The lowest BCUT2D eigenvalue weighted by atomic mass is 10.1. The lowest BCUT2D eigenvalue weighted by molar-refractivity contribution is -0.384. The Balaban J connectivity index is 2.14. The van der Waals surface area contributed by atoms with Gasteiger partial charge in [0.1, 0.15) is 0 Å². The van der Waals surface area contributed by atoms with Gasteiger partial charge in [-0.05, 0) is 24.4 Å². The second-order valence-electron chi connectivity index (χ2n) is 5.46. The molecule has 0 fully saturated rings. The fraction of sp³-hybridized carbons (Fsp3) is 0.600. The van der Waals surface area contributed by atoms with Crippen LogP contribution in [0, 0.1) is 16.0 Å². The first kappa shape index (κ1) is 17.6. The zero-order chi connectivity index (χ0) is 15.7. The highest BCUT2D eigenvalue weighted by Crippen LogP contribution is 2.11. The summed E-state index contributed by atoms with van der Waals surface area (Å²) in [5, 5.41) is 23.4. The number of nitro groups is 1. The average molecular weight is 296 g/mol. The Kier molecular flexibility index (Phi) is 7.89. The van der Waals surface area contributed by atoms with Crippen LogP contribution >= 0.6 is 0 Å². The molecule has 0 aliphatic carbocycles. The fourth-order valence-electron chi connectivity index (χ4n) is 1.78. The van der Waals surface area contributed by atoms with Gasteiger partial charge >= 0.3 is 0 Å². The number of hydrogen-bond donors (Lipinski definition) is 2. The molecule has 0 saturated carbocycles. The Bertz CT molecular complexity index is 420. The van der Waals surface area contributed by atoms with E-state index in [1.807, 2.05) is 0 Å². The number of non-ortho nitro benzene ring substituents is 1. The summed E-state index contributed by atoms with van der Waals surface area (Å²) in [5.74, 6) is 0.465. The molecule has 0 aliphatic heterocycles.